The number of carbonyl (C=O) groups excluding carboxylic acids is 1. The van der Waals surface area contributed by atoms with Crippen LogP contribution in [0.4, 0.5) is 13.2 Å². The van der Waals surface area contributed by atoms with Gasteiger partial charge < -0.3 is 15.5 Å². The molecule has 0 saturated carbocycles. The number of hydrogen-bond acceptors (Lipinski definition) is 2. The molecule has 9 heteroatoms. The Morgan fingerprint density at radius 2 is 1.81 bits per heavy atom. The second-order valence-corrected chi connectivity index (χ2v) is 5.95. The molecule has 0 saturated heterocycles. The molecule has 1 unspecified atom stereocenters. The number of aliphatic imine (C=N–C) groups is 1. The van der Waals surface area contributed by atoms with Crippen molar-refractivity contribution in [3.8, 4) is 0 Å². The Kier molecular flexibility index (Phi) is 10.6. The molecule has 0 fully saturated rings. The van der Waals surface area contributed by atoms with Crippen molar-refractivity contribution >= 4 is 35.8 Å². The first kappa shape index (κ1) is 24.5. The molecule has 0 aliphatic carbocycles. The summed E-state index contributed by atoms with van der Waals surface area (Å²) in [7, 11) is 3.32. The first-order valence-corrected chi connectivity index (χ1v) is 8.04. The number of guanidine groups is 1. The number of halogens is 4. The number of alkyl halides is 3. The van der Waals surface area contributed by atoms with Gasteiger partial charge in [0.05, 0.1) is 18.7 Å². The average Bonchev–Trinajstić information content (AvgIpc) is 2.56. The van der Waals surface area contributed by atoms with Crippen molar-refractivity contribution in [2.24, 2.45) is 4.99 Å². The van der Waals surface area contributed by atoms with Crippen molar-refractivity contribution in [3.05, 3.63) is 35.4 Å². The predicted octanol–water partition coefficient (Wildman–Crippen LogP) is 3.25. The van der Waals surface area contributed by atoms with E-state index in [-0.39, 0.29) is 49.0 Å². The molecule has 0 spiro atoms. The van der Waals surface area contributed by atoms with Gasteiger partial charge in [-0.05, 0) is 31.0 Å². The summed E-state index contributed by atoms with van der Waals surface area (Å²) >= 11 is 0. The van der Waals surface area contributed by atoms with Crippen LogP contribution in [0.25, 0.3) is 0 Å². The summed E-state index contributed by atoms with van der Waals surface area (Å²) in [5.41, 5.74) is -0.0370. The Morgan fingerprint density at radius 3 is 2.27 bits per heavy atom. The smallest absolute Gasteiger partial charge is 0.354 e. The van der Waals surface area contributed by atoms with E-state index in [1.807, 2.05) is 13.8 Å². The van der Waals surface area contributed by atoms with Gasteiger partial charge in [0.2, 0.25) is 5.91 Å². The van der Waals surface area contributed by atoms with E-state index in [4.69, 9.17) is 0 Å². The minimum Gasteiger partial charge on any atom is -0.354 e. The minimum atomic E-state index is -4.35. The molecule has 1 aromatic carbocycles. The fourth-order valence-corrected chi connectivity index (χ4v) is 1.77. The van der Waals surface area contributed by atoms with Crippen molar-refractivity contribution in [2.45, 2.75) is 39.0 Å². The van der Waals surface area contributed by atoms with Gasteiger partial charge in [0.15, 0.2) is 5.96 Å². The SMILES string of the molecule is CCC(C)NC(=NCc1ccc(C(F)(F)F)cc1)NCC(=O)N(C)C.I. The molecule has 0 heterocycles. The maximum Gasteiger partial charge on any atom is 0.416 e. The van der Waals surface area contributed by atoms with Crippen LogP contribution in [0.3, 0.4) is 0 Å². The van der Waals surface area contributed by atoms with E-state index in [2.05, 4.69) is 15.6 Å². The highest BCUT2D eigenvalue weighted by atomic mass is 127. The molecule has 0 bridgehead atoms. The molecule has 1 amide bonds. The second-order valence-electron chi connectivity index (χ2n) is 5.95. The number of nitrogens with one attached hydrogen (secondary N) is 2. The van der Waals surface area contributed by atoms with Gasteiger partial charge in [-0.25, -0.2) is 4.99 Å². The largest absolute Gasteiger partial charge is 0.416 e. The lowest BCUT2D eigenvalue weighted by Gasteiger charge is -2.18. The first-order chi connectivity index (χ1) is 11.6. The first-order valence-electron chi connectivity index (χ1n) is 8.04. The number of likely N-dealkylation sites (N-methyl/N-ethyl adjacent to an activating group) is 1. The van der Waals surface area contributed by atoms with Crippen molar-refractivity contribution in [1.29, 1.82) is 0 Å². The zero-order valence-corrected chi connectivity index (χ0v) is 17.7. The van der Waals surface area contributed by atoms with E-state index in [1.54, 1.807) is 14.1 Å². The zero-order valence-electron chi connectivity index (χ0n) is 15.4. The van der Waals surface area contributed by atoms with Gasteiger partial charge in [-0.1, -0.05) is 19.1 Å². The van der Waals surface area contributed by atoms with Gasteiger partial charge in [0.1, 0.15) is 0 Å². The molecular formula is C17H26F3IN4O. The number of amides is 1. The fourth-order valence-electron chi connectivity index (χ4n) is 1.77. The van der Waals surface area contributed by atoms with Crippen LogP contribution >= 0.6 is 24.0 Å². The summed E-state index contributed by atoms with van der Waals surface area (Å²) in [6.45, 7) is 4.28. The number of carbonyl (C=O) groups is 1. The van der Waals surface area contributed by atoms with Gasteiger partial charge in [0, 0.05) is 20.1 Å². The summed E-state index contributed by atoms with van der Waals surface area (Å²) in [6, 6.07) is 5.02. The molecule has 1 aromatic rings. The third-order valence-electron chi connectivity index (χ3n) is 3.60. The van der Waals surface area contributed by atoms with E-state index < -0.39 is 11.7 Å². The summed E-state index contributed by atoms with van der Waals surface area (Å²) in [5, 5.41) is 6.09. The monoisotopic (exact) mass is 486 g/mol. The summed E-state index contributed by atoms with van der Waals surface area (Å²) in [4.78, 5) is 17.5. The highest BCUT2D eigenvalue weighted by Gasteiger charge is 2.29. The van der Waals surface area contributed by atoms with Gasteiger partial charge in [-0.15, -0.1) is 24.0 Å². The molecule has 26 heavy (non-hydrogen) atoms. The highest BCUT2D eigenvalue weighted by Crippen LogP contribution is 2.29. The Balaban J connectivity index is 0.00000625. The molecular weight excluding hydrogens is 460 g/mol. The zero-order chi connectivity index (χ0) is 19.0. The second kappa shape index (κ2) is 11.2. The van der Waals surface area contributed by atoms with Crippen LogP contribution in [0.1, 0.15) is 31.4 Å². The quantitative estimate of drug-likeness (QED) is 0.369. The Bertz CT molecular complexity index is 589. The van der Waals surface area contributed by atoms with Crippen molar-refractivity contribution in [1.82, 2.24) is 15.5 Å². The molecule has 0 aliphatic rings. The van der Waals surface area contributed by atoms with E-state index in [0.29, 0.717) is 11.5 Å². The molecule has 1 atom stereocenters. The van der Waals surface area contributed by atoms with Gasteiger partial charge in [-0.3, -0.25) is 4.79 Å². The maximum atomic E-state index is 12.6. The number of benzene rings is 1. The lowest BCUT2D eigenvalue weighted by atomic mass is 10.1. The van der Waals surface area contributed by atoms with E-state index >= 15 is 0 Å². The normalized spacial score (nSPS) is 12.8. The van der Waals surface area contributed by atoms with Crippen molar-refractivity contribution in [2.75, 3.05) is 20.6 Å². The summed E-state index contributed by atoms with van der Waals surface area (Å²) < 4.78 is 37.7. The fraction of sp³-hybridized carbons (Fsp3) is 0.529. The molecule has 0 aromatic heterocycles. The third-order valence-corrected chi connectivity index (χ3v) is 3.60. The van der Waals surface area contributed by atoms with Crippen LogP contribution in [0.2, 0.25) is 0 Å². The molecule has 148 valence electrons. The van der Waals surface area contributed by atoms with Crippen molar-refractivity contribution in [3.63, 3.8) is 0 Å². The lowest BCUT2D eigenvalue weighted by Crippen LogP contribution is -2.45. The number of nitrogens with zero attached hydrogens (tertiary/aromatic N) is 2. The average molecular weight is 486 g/mol. The highest BCUT2D eigenvalue weighted by molar-refractivity contribution is 14.0. The Hall–Kier alpha value is -1.52. The molecule has 5 nitrogen and oxygen atoms in total. The standard InChI is InChI=1S/C17H25F3N4O.HI/c1-5-12(2)23-16(22-11-15(25)24(3)4)21-10-13-6-8-14(9-7-13)17(18,19)20;/h6-9,12H,5,10-11H2,1-4H3,(H2,21,22,23);1H. The van der Waals surface area contributed by atoms with Gasteiger partial charge in [0.25, 0.3) is 0 Å². The third kappa shape index (κ3) is 8.72. The van der Waals surface area contributed by atoms with E-state index in [1.165, 1.54) is 17.0 Å². The Morgan fingerprint density at radius 1 is 1.23 bits per heavy atom. The topological polar surface area (TPSA) is 56.7 Å². The van der Waals surface area contributed by atoms with Crippen LogP contribution in [0.15, 0.2) is 29.3 Å². The maximum absolute atomic E-state index is 12.6. The van der Waals surface area contributed by atoms with Crippen LogP contribution in [-0.4, -0.2) is 43.4 Å². The molecule has 0 aliphatic heterocycles. The summed E-state index contributed by atoms with van der Waals surface area (Å²) in [5.74, 6) is 0.345. The van der Waals surface area contributed by atoms with Crippen LogP contribution in [-0.2, 0) is 17.5 Å². The van der Waals surface area contributed by atoms with Crippen molar-refractivity contribution < 1.29 is 18.0 Å². The Labute approximate surface area is 169 Å². The number of rotatable bonds is 6. The van der Waals surface area contributed by atoms with Gasteiger partial charge >= 0.3 is 6.18 Å². The minimum absolute atomic E-state index is 0. The molecule has 2 N–H and O–H groups in total. The van der Waals surface area contributed by atoms with E-state index in [9.17, 15) is 18.0 Å². The van der Waals surface area contributed by atoms with Crippen LogP contribution < -0.4 is 10.6 Å². The predicted molar refractivity (Wildman–Crippen MR) is 108 cm³/mol. The lowest BCUT2D eigenvalue weighted by molar-refractivity contribution is -0.137. The molecule has 1 rings (SSSR count). The van der Waals surface area contributed by atoms with Crippen LogP contribution in [0.5, 0.6) is 0 Å². The van der Waals surface area contributed by atoms with Gasteiger partial charge in [-0.2, -0.15) is 13.2 Å². The number of hydrogen-bond donors (Lipinski definition) is 2. The van der Waals surface area contributed by atoms with Crippen LogP contribution in [0, 0.1) is 0 Å². The molecule has 0 radical (unpaired) electrons. The summed E-state index contributed by atoms with van der Waals surface area (Å²) in [6.07, 6.45) is -3.48. The van der Waals surface area contributed by atoms with E-state index in [0.717, 1.165) is 18.6 Å².